The molecule has 0 heterocycles. The first kappa shape index (κ1) is 6.25. The van der Waals surface area contributed by atoms with Crippen LogP contribution in [-0.2, 0) is 0 Å². The molecule has 0 rings (SSSR count). The summed E-state index contributed by atoms with van der Waals surface area (Å²) in [5, 5.41) is 0.245. The highest BCUT2D eigenvalue weighted by Crippen LogP contribution is 1.95. The topological polar surface area (TPSA) is 26.0 Å². The molecule has 0 aromatic heterocycles. The normalized spacial score (nSPS) is 14.5. The lowest BCUT2D eigenvalue weighted by Crippen LogP contribution is -2.03. The first-order valence-electron chi connectivity index (χ1n) is 2.11. The molecule has 0 radical (unpaired) electrons. The van der Waals surface area contributed by atoms with Crippen LogP contribution in [0.4, 0.5) is 0 Å². The number of hydrogen-bond donors (Lipinski definition) is 1. The van der Waals surface area contributed by atoms with Gasteiger partial charge in [-0.3, -0.25) is 0 Å². The molecule has 0 aromatic carbocycles. The van der Waals surface area contributed by atoms with E-state index >= 15 is 0 Å². The third kappa shape index (κ3) is 4.25. The van der Waals surface area contributed by atoms with Crippen LogP contribution in [0.2, 0.25) is 0 Å². The fourth-order valence-corrected chi connectivity index (χ4v) is 0.356. The van der Waals surface area contributed by atoms with Crippen LogP contribution >= 0.6 is 11.6 Å². The summed E-state index contributed by atoms with van der Waals surface area (Å²) in [4.78, 5) is 0. The summed E-state index contributed by atoms with van der Waals surface area (Å²) < 4.78 is 0. The van der Waals surface area contributed by atoms with Gasteiger partial charge in [0.25, 0.3) is 0 Å². The minimum atomic E-state index is 0.245. The van der Waals surface area contributed by atoms with Crippen LogP contribution < -0.4 is 5.73 Å². The standard InChI is InChI=1S/C4H10ClN/c1-4(5)2-3-6/h4H,2-3,6H2,1H3. The van der Waals surface area contributed by atoms with Gasteiger partial charge < -0.3 is 5.73 Å². The lowest BCUT2D eigenvalue weighted by atomic mass is 10.3. The van der Waals surface area contributed by atoms with Crippen LogP contribution in [0.5, 0.6) is 0 Å². The van der Waals surface area contributed by atoms with E-state index in [1.54, 1.807) is 0 Å². The van der Waals surface area contributed by atoms with Gasteiger partial charge >= 0.3 is 0 Å². The van der Waals surface area contributed by atoms with Crippen LogP contribution in [0.15, 0.2) is 0 Å². The highest BCUT2D eigenvalue weighted by atomic mass is 35.5. The van der Waals surface area contributed by atoms with Crippen molar-refractivity contribution in [2.75, 3.05) is 6.54 Å². The number of hydrogen-bond acceptors (Lipinski definition) is 1. The number of nitrogens with two attached hydrogens (primary N) is 1. The SMILES string of the molecule is CC(Cl)CCN. The molecule has 0 fully saturated rings. The molecular formula is C4H10ClN. The Labute approximate surface area is 43.5 Å². The highest BCUT2D eigenvalue weighted by molar-refractivity contribution is 6.20. The molecule has 1 atom stereocenters. The molecule has 0 saturated heterocycles. The Morgan fingerprint density at radius 2 is 2.33 bits per heavy atom. The summed E-state index contributed by atoms with van der Waals surface area (Å²) in [6.07, 6.45) is 0.918. The second-order valence-electron chi connectivity index (χ2n) is 1.36. The highest BCUT2D eigenvalue weighted by Gasteiger charge is 1.88. The average Bonchev–Trinajstić information content (AvgIpc) is 1.35. The Balaban J connectivity index is 2.63. The average molecular weight is 108 g/mol. The van der Waals surface area contributed by atoms with Gasteiger partial charge in [-0.05, 0) is 19.9 Å². The second-order valence-corrected chi connectivity index (χ2v) is 2.10. The van der Waals surface area contributed by atoms with Crippen LogP contribution in [-0.4, -0.2) is 11.9 Å². The predicted octanol–water partition coefficient (Wildman–Crippen LogP) is 0.963. The lowest BCUT2D eigenvalue weighted by molar-refractivity contribution is 0.815. The fourth-order valence-electron chi connectivity index (χ4n) is 0.230. The maximum atomic E-state index is 5.50. The zero-order chi connectivity index (χ0) is 4.99. The fraction of sp³-hybridized carbons (Fsp3) is 1.00. The number of rotatable bonds is 2. The molecule has 0 saturated carbocycles. The maximum absolute atomic E-state index is 5.50. The van der Waals surface area contributed by atoms with Gasteiger partial charge in [-0.2, -0.15) is 0 Å². The number of halogens is 1. The van der Waals surface area contributed by atoms with E-state index in [1.807, 2.05) is 6.92 Å². The lowest BCUT2D eigenvalue weighted by Gasteiger charge is -1.93. The molecule has 0 amide bonds. The van der Waals surface area contributed by atoms with Crippen molar-refractivity contribution in [3.8, 4) is 0 Å². The Bertz CT molecular complexity index is 28.7. The van der Waals surface area contributed by atoms with Crippen molar-refractivity contribution in [3.63, 3.8) is 0 Å². The van der Waals surface area contributed by atoms with Gasteiger partial charge in [0.1, 0.15) is 0 Å². The molecule has 0 aliphatic rings. The third-order valence-electron chi connectivity index (χ3n) is 0.564. The smallest absolute Gasteiger partial charge is 0.0319 e. The van der Waals surface area contributed by atoms with Crippen molar-refractivity contribution in [2.24, 2.45) is 5.73 Å². The monoisotopic (exact) mass is 107 g/mol. The minimum Gasteiger partial charge on any atom is -0.330 e. The molecule has 2 heteroatoms. The Kier molecular flexibility index (Phi) is 3.58. The van der Waals surface area contributed by atoms with E-state index in [-0.39, 0.29) is 5.38 Å². The van der Waals surface area contributed by atoms with Gasteiger partial charge in [0.05, 0.1) is 0 Å². The summed E-state index contributed by atoms with van der Waals surface area (Å²) in [7, 11) is 0. The molecule has 1 nitrogen and oxygen atoms in total. The maximum Gasteiger partial charge on any atom is 0.0319 e. The first-order valence-corrected chi connectivity index (χ1v) is 2.55. The van der Waals surface area contributed by atoms with Gasteiger partial charge in [-0.15, -0.1) is 11.6 Å². The van der Waals surface area contributed by atoms with Crippen LogP contribution in [0.25, 0.3) is 0 Å². The van der Waals surface area contributed by atoms with Gasteiger partial charge in [-0.1, -0.05) is 0 Å². The molecule has 38 valence electrons. The quantitative estimate of drug-likeness (QED) is 0.523. The van der Waals surface area contributed by atoms with E-state index in [2.05, 4.69) is 0 Å². The molecule has 2 N–H and O–H groups in total. The molecular weight excluding hydrogens is 97.5 g/mol. The minimum absolute atomic E-state index is 0.245. The Morgan fingerprint density at radius 1 is 1.83 bits per heavy atom. The van der Waals surface area contributed by atoms with Crippen molar-refractivity contribution >= 4 is 11.6 Å². The largest absolute Gasteiger partial charge is 0.330 e. The zero-order valence-corrected chi connectivity index (χ0v) is 4.70. The van der Waals surface area contributed by atoms with Gasteiger partial charge in [0, 0.05) is 5.38 Å². The van der Waals surface area contributed by atoms with Crippen molar-refractivity contribution < 1.29 is 0 Å². The van der Waals surface area contributed by atoms with Crippen LogP contribution in [0.3, 0.4) is 0 Å². The third-order valence-corrected chi connectivity index (χ3v) is 0.783. The summed E-state index contributed by atoms with van der Waals surface area (Å²) >= 11 is 5.50. The molecule has 0 aromatic rings. The van der Waals surface area contributed by atoms with Gasteiger partial charge in [-0.25, -0.2) is 0 Å². The van der Waals surface area contributed by atoms with E-state index in [0.29, 0.717) is 6.54 Å². The summed E-state index contributed by atoms with van der Waals surface area (Å²) in [6.45, 7) is 2.64. The Hall–Kier alpha value is 0.250. The van der Waals surface area contributed by atoms with Crippen LogP contribution in [0, 0.1) is 0 Å². The van der Waals surface area contributed by atoms with E-state index in [0.717, 1.165) is 6.42 Å². The first-order chi connectivity index (χ1) is 2.77. The van der Waals surface area contributed by atoms with Gasteiger partial charge in [0.2, 0.25) is 0 Å². The van der Waals surface area contributed by atoms with Gasteiger partial charge in [0.15, 0.2) is 0 Å². The Morgan fingerprint density at radius 3 is 2.33 bits per heavy atom. The molecule has 0 bridgehead atoms. The molecule has 6 heavy (non-hydrogen) atoms. The summed E-state index contributed by atoms with van der Waals surface area (Å²) in [6, 6.07) is 0. The van der Waals surface area contributed by atoms with E-state index in [4.69, 9.17) is 17.3 Å². The van der Waals surface area contributed by atoms with Crippen molar-refractivity contribution in [1.82, 2.24) is 0 Å². The molecule has 1 unspecified atom stereocenters. The number of alkyl halides is 1. The molecule has 0 aliphatic heterocycles. The van der Waals surface area contributed by atoms with E-state index < -0.39 is 0 Å². The molecule has 0 spiro atoms. The van der Waals surface area contributed by atoms with E-state index in [1.165, 1.54) is 0 Å². The summed E-state index contributed by atoms with van der Waals surface area (Å²) in [5.74, 6) is 0. The van der Waals surface area contributed by atoms with Crippen molar-refractivity contribution in [1.29, 1.82) is 0 Å². The van der Waals surface area contributed by atoms with E-state index in [9.17, 15) is 0 Å². The molecule has 0 aliphatic carbocycles. The predicted molar refractivity (Wildman–Crippen MR) is 29.0 cm³/mol. The summed E-state index contributed by atoms with van der Waals surface area (Å²) in [5.41, 5.74) is 5.14. The zero-order valence-electron chi connectivity index (χ0n) is 3.95. The van der Waals surface area contributed by atoms with Crippen LogP contribution in [0.1, 0.15) is 13.3 Å². The second kappa shape index (κ2) is 3.44. The van der Waals surface area contributed by atoms with Crippen molar-refractivity contribution in [3.05, 3.63) is 0 Å². The van der Waals surface area contributed by atoms with Crippen molar-refractivity contribution in [2.45, 2.75) is 18.7 Å².